The van der Waals surface area contributed by atoms with E-state index in [1.54, 1.807) is 12.3 Å². The zero-order chi connectivity index (χ0) is 15.3. The molecule has 0 amide bonds. The van der Waals surface area contributed by atoms with Gasteiger partial charge in [-0.3, -0.25) is 0 Å². The highest BCUT2D eigenvalue weighted by atomic mass is 16.5. The summed E-state index contributed by atoms with van der Waals surface area (Å²) in [5.41, 5.74) is -0.971. The molecule has 1 aromatic heterocycles. The van der Waals surface area contributed by atoms with E-state index in [9.17, 15) is 9.90 Å². The van der Waals surface area contributed by atoms with Crippen molar-refractivity contribution in [3.63, 3.8) is 0 Å². The van der Waals surface area contributed by atoms with Crippen molar-refractivity contribution >= 4 is 11.9 Å². The number of aromatic nitrogens is 2. The van der Waals surface area contributed by atoms with Crippen LogP contribution in [0.3, 0.4) is 0 Å². The molecule has 0 aliphatic heterocycles. The maximum Gasteiger partial charge on any atom is 0.329 e. The summed E-state index contributed by atoms with van der Waals surface area (Å²) in [6, 6.07) is 1.68. The molecule has 116 valence electrons. The molecule has 1 fully saturated rings. The largest absolute Gasteiger partial charge is 0.480 e. The van der Waals surface area contributed by atoms with Crippen molar-refractivity contribution in [1.82, 2.24) is 9.97 Å². The molecule has 0 bridgehead atoms. The van der Waals surface area contributed by atoms with Gasteiger partial charge in [0.15, 0.2) is 0 Å². The van der Waals surface area contributed by atoms with Crippen LogP contribution in [-0.4, -0.2) is 33.2 Å². The highest BCUT2D eigenvalue weighted by Gasteiger charge is 2.42. The van der Waals surface area contributed by atoms with Crippen molar-refractivity contribution in [3.05, 3.63) is 12.3 Å². The molecule has 2 N–H and O–H groups in total. The van der Waals surface area contributed by atoms with Crippen molar-refractivity contribution in [3.8, 4) is 5.88 Å². The van der Waals surface area contributed by atoms with Gasteiger partial charge in [-0.2, -0.15) is 4.98 Å². The van der Waals surface area contributed by atoms with E-state index in [0.717, 1.165) is 19.3 Å². The molecule has 1 aliphatic carbocycles. The normalized spacial score (nSPS) is 25.3. The quantitative estimate of drug-likeness (QED) is 0.839. The Morgan fingerprint density at radius 3 is 3.10 bits per heavy atom. The first-order valence-electron chi connectivity index (χ1n) is 7.53. The van der Waals surface area contributed by atoms with Crippen LogP contribution in [0.5, 0.6) is 5.88 Å². The highest BCUT2D eigenvalue weighted by Crippen LogP contribution is 2.34. The smallest absolute Gasteiger partial charge is 0.329 e. The lowest BCUT2D eigenvalue weighted by molar-refractivity contribution is -0.144. The van der Waals surface area contributed by atoms with E-state index in [1.807, 2.05) is 6.92 Å². The van der Waals surface area contributed by atoms with E-state index in [2.05, 4.69) is 22.2 Å². The van der Waals surface area contributed by atoms with E-state index in [1.165, 1.54) is 0 Å². The maximum atomic E-state index is 11.7. The summed E-state index contributed by atoms with van der Waals surface area (Å²) in [4.78, 5) is 20.1. The third kappa shape index (κ3) is 3.83. The molecule has 2 rings (SSSR count). The molecule has 1 aromatic rings. The van der Waals surface area contributed by atoms with Crippen molar-refractivity contribution in [1.29, 1.82) is 0 Å². The number of nitrogens with one attached hydrogen (secondary N) is 1. The molecule has 0 spiro atoms. The Bertz CT molecular complexity index is 495. The molecule has 6 nitrogen and oxygen atoms in total. The average Bonchev–Trinajstić information content (AvgIpc) is 2.45. The van der Waals surface area contributed by atoms with E-state index >= 15 is 0 Å². The summed E-state index contributed by atoms with van der Waals surface area (Å²) < 4.78 is 5.46. The Balaban J connectivity index is 2.15. The Kier molecular flexibility index (Phi) is 4.98. The molecule has 6 heteroatoms. The third-order valence-electron chi connectivity index (χ3n) is 3.84. The topological polar surface area (TPSA) is 84.3 Å². The van der Waals surface area contributed by atoms with Gasteiger partial charge in [-0.25, -0.2) is 9.78 Å². The van der Waals surface area contributed by atoms with E-state index in [4.69, 9.17) is 4.74 Å². The van der Waals surface area contributed by atoms with Crippen LogP contribution in [-0.2, 0) is 4.79 Å². The van der Waals surface area contributed by atoms with Gasteiger partial charge in [-0.15, -0.1) is 0 Å². The Morgan fingerprint density at radius 1 is 1.62 bits per heavy atom. The first-order chi connectivity index (χ1) is 10.1. The molecule has 1 heterocycles. The number of carboxylic acids is 1. The van der Waals surface area contributed by atoms with Crippen LogP contribution in [0.25, 0.3) is 0 Å². The van der Waals surface area contributed by atoms with Crippen LogP contribution >= 0.6 is 0 Å². The molecular weight excluding hydrogens is 270 g/mol. The van der Waals surface area contributed by atoms with Crippen molar-refractivity contribution in [2.24, 2.45) is 5.92 Å². The van der Waals surface area contributed by atoms with Gasteiger partial charge in [-0.1, -0.05) is 26.7 Å². The molecule has 2 atom stereocenters. The lowest BCUT2D eigenvalue weighted by Gasteiger charge is -2.37. The van der Waals surface area contributed by atoms with Gasteiger partial charge >= 0.3 is 5.97 Å². The number of aliphatic carboxylic acids is 1. The lowest BCUT2D eigenvalue weighted by atomic mass is 9.76. The van der Waals surface area contributed by atoms with Crippen LogP contribution < -0.4 is 10.1 Å². The van der Waals surface area contributed by atoms with Gasteiger partial charge in [0.1, 0.15) is 5.54 Å². The monoisotopic (exact) mass is 293 g/mol. The Labute approximate surface area is 124 Å². The second-order valence-electron chi connectivity index (χ2n) is 5.78. The second-order valence-corrected chi connectivity index (χ2v) is 5.78. The molecule has 2 unspecified atom stereocenters. The molecule has 1 aliphatic rings. The number of nitrogens with zero attached hydrogens (tertiary/aromatic N) is 2. The number of carbonyl (C=O) groups is 1. The number of rotatable bonds is 6. The minimum Gasteiger partial charge on any atom is -0.480 e. The van der Waals surface area contributed by atoms with Gasteiger partial charge in [0, 0.05) is 12.3 Å². The molecular formula is C15H23N3O3. The van der Waals surface area contributed by atoms with Crippen LogP contribution in [0, 0.1) is 5.92 Å². The van der Waals surface area contributed by atoms with E-state index in [0.29, 0.717) is 37.2 Å². The predicted molar refractivity (Wildman–Crippen MR) is 79.4 cm³/mol. The first-order valence-corrected chi connectivity index (χ1v) is 7.53. The highest BCUT2D eigenvalue weighted by molar-refractivity contribution is 5.82. The van der Waals surface area contributed by atoms with Gasteiger partial charge in [0.2, 0.25) is 11.8 Å². The fraction of sp³-hybridized carbons (Fsp3) is 0.667. The van der Waals surface area contributed by atoms with Crippen LogP contribution in [0.15, 0.2) is 12.3 Å². The Morgan fingerprint density at radius 2 is 2.43 bits per heavy atom. The molecule has 0 radical (unpaired) electrons. The molecule has 0 aromatic carbocycles. The summed E-state index contributed by atoms with van der Waals surface area (Å²) >= 11 is 0. The summed E-state index contributed by atoms with van der Waals surface area (Å²) in [6.07, 6.45) is 5.62. The van der Waals surface area contributed by atoms with Crippen LogP contribution in [0.2, 0.25) is 0 Å². The fourth-order valence-electron chi connectivity index (χ4n) is 2.82. The van der Waals surface area contributed by atoms with Gasteiger partial charge in [0.25, 0.3) is 0 Å². The van der Waals surface area contributed by atoms with Crippen LogP contribution in [0.4, 0.5) is 5.95 Å². The fourth-order valence-corrected chi connectivity index (χ4v) is 2.82. The standard InChI is InChI=1S/C15H23N3O3/c1-3-9-21-12-6-8-16-14(17-12)18-15(13(19)20)7-4-5-11(2)10-15/h6,8,11H,3-5,7,9-10H2,1-2H3,(H,19,20)(H,16,17,18). The van der Waals surface area contributed by atoms with Gasteiger partial charge < -0.3 is 15.2 Å². The minimum atomic E-state index is -0.971. The first kappa shape index (κ1) is 15.5. The summed E-state index contributed by atoms with van der Waals surface area (Å²) in [5, 5.41) is 12.7. The number of hydrogen-bond donors (Lipinski definition) is 2. The number of anilines is 1. The predicted octanol–water partition coefficient (Wildman–Crippen LogP) is 2.71. The Hall–Kier alpha value is -1.85. The summed E-state index contributed by atoms with van der Waals surface area (Å²) in [7, 11) is 0. The maximum absolute atomic E-state index is 11.7. The van der Waals surface area contributed by atoms with Crippen molar-refractivity contribution in [2.75, 3.05) is 11.9 Å². The zero-order valence-electron chi connectivity index (χ0n) is 12.6. The average molecular weight is 293 g/mol. The van der Waals surface area contributed by atoms with E-state index in [-0.39, 0.29) is 0 Å². The lowest BCUT2D eigenvalue weighted by Crippen LogP contribution is -2.50. The van der Waals surface area contributed by atoms with Crippen molar-refractivity contribution in [2.45, 2.75) is 51.5 Å². The molecule has 1 saturated carbocycles. The summed E-state index contributed by atoms with van der Waals surface area (Å²) in [6.45, 7) is 4.68. The van der Waals surface area contributed by atoms with Crippen molar-refractivity contribution < 1.29 is 14.6 Å². The second kappa shape index (κ2) is 6.74. The van der Waals surface area contributed by atoms with E-state index < -0.39 is 11.5 Å². The van der Waals surface area contributed by atoms with Crippen LogP contribution in [0.1, 0.15) is 46.0 Å². The van der Waals surface area contributed by atoms with Gasteiger partial charge in [-0.05, 0) is 25.2 Å². The minimum absolute atomic E-state index is 0.320. The SMILES string of the molecule is CCCOc1ccnc(NC2(C(=O)O)CCCC(C)C2)n1. The molecule has 21 heavy (non-hydrogen) atoms. The molecule has 0 saturated heterocycles. The zero-order valence-corrected chi connectivity index (χ0v) is 12.6. The summed E-state index contributed by atoms with van der Waals surface area (Å²) in [5.74, 6) is 0.332. The van der Waals surface area contributed by atoms with Gasteiger partial charge in [0.05, 0.1) is 6.61 Å². The number of ether oxygens (including phenoxy) is 1. The number of carboxylic acid groups (broad SMARTS) is 1. The third-order valence-corrected chi connectivity index (χ3v) is 3.84. The number of hydrogen-bond acceptors (Lipinski definition) is 5.